The first-order valence-electron chi connectivity index (χ1n) is 8.75. The molecule has 1 N–H and O–H groups in total. The number of thioether (sulfide) groups is 1. The van der Waals surface area contributed by atoms with Crippen molar-refractivity contribution in [3.8, 4) is 0 Å². The van der Waals surface area contributed by atoms with Gasteiger partial charge in [0, 0.05) is 18.1 Å². The maximum Gasteiger partial charge on any atom is 0.309 e. The number of halogens is 1. The van der Waals surface area contributed by atoms with Gasteiger partial charge in [-0.3, -0.25) is 9.59 Å². The minimum absolute atomic E-state index is 0.0656. The number of nitrogens with one attached hydrogen (secondary N) is 1. The van der Waals surface area contributed by atoms with Crippen molar-refractivity contribution in [1.29, 1.82) is 0 Å². The number of carbonyl (C=O) groups is 2. The van der Waals surface area contributed by atoms with Gasteiger partial charge < -0.3 is 14.6 Å². The van der Waals surface area contributed by atoms with Crippen LogP contribution in [0.15, 0.2) is 23.4 Å². The van der Waals surface area contributed by atoms with E-state index in [0.717, 1.165) is 11.0 Å². The summed E-state index contributed by atoms with van der Waals surface area (Å²) in [6.45, 7) is 5.26. The van der Waals surface area contributed by atoms with Gasteiger partial charge >= 0.3 is 5.97 Å². The smallest absolute Gasteiger partial charge is 0.309 e. The molecule has 1 saturated heterocycles. The van der Waals surface area contributed by atoms with Gasteiger partial charge in [0.1, 0.15) is 0 Å². The molecule has 1 fully saturated rings. The molecule has 0 radical (unpaired) electrons. The zero-order valence-electron chi connectivity index (χ0n) is 14.8. The number of aromatic amines is 1. The third-order valence-corrected chi connectivity index (χ3v) is 5.69. The zero-order valence-corrected chi connectivity index (χ0v) is 16.4. The molecule has 0 spiro atoms. The SMILES string of the molecule is CCOC(=O)C1CCN(C(=O)[C@@H](C)Sc2nc3ccc(Cl)cc3[nH]2)CC1. The maximum absolute atomic E-state index is 12.7. The molecule has 6 nitrogen and oxygen atoms in total. The van der Waals surface area contributed by atoms with Crippen LogP contribution in [0.25, 0.3) is 11.0 Å². The normalized spacial score (nSPS) is 16.7. The summed E-state index contributed by atoms with van der Waals surface area (Å²) in [6.07, 6.45) is 1.32. The molecule has 26 heavy (non-hydrogen) atoms. The van der Waals surface area contributed by atoms with Crippen LogP contribution in [0.3, 0.4) is 0 Å². The lowest BCUT2D eigenvalue weighted by Crippen LogP contribution is -2.43. The summed E-state index contributed by atoms with van der Waals surface area (Å²) in [5.74, 6) is -0.180. The van der Waals surface area contributed by atoms with E-state index in [2.05, 4.69) is 9.97 Å². The van der Waals surface area contributed by atoms with Crippen molar-refractivity contribution in [3.63, 3.8) is 0 Å². The number of benzene rings is 1. The van der Waals surface area contributed by atoms with Gasteiger partial charge in [-0.25, -0.2) is 4.98 Å². The van der Waals surface area contributed by atoms with E-state index in [0.29, 0.717) is 42.7 Å². The van der Waals surface area contributed by atoms with E-state index in [1.54, 1.807) is 6.07 Å². The molecular weight excluding hydrogens is 374 g/mol. The largest absolute Gasteiger partial charge is 0.466 e. The molecule has 140 valence electrons. The lowest BCUT2D eigenvalue weighted by Gasteiger charge is -2.32. The number of aromatic nitrogens is 2. The molecule has 8 heteroatoms. The average Bonchev–Trinajstić information content (AvgIpc) is 3.02. The number of imidazole rings is 1. The van der Waals surface area contributed by atoms with Crippen LogP contribution < -0.4 is 0 Å². The van der Waals surface area contributed by atoms with Gasteiger partial charge in [0.15, 0.2) is 5.16 Å². The highest BCUT2D eigenvalue weighted by molar-refractivity contribution is 8.00. The lowest BCUT2D eigenvalue weighted by atomic mass is 9.97. The third-order valence-electron chi connectivity index (χ3n) is 4.48. The van der Waals surface area contributed by atoms with Crippen molar-refractivity contribution in [2.24, 2.45) is 5.92 Å². The van der Waals surface area contributed by atoms with Crippen LogP contribution in [-0.4, -0.2) is 51.7 Å². The molecule has 0 bridgehead atoms. The number of fused-ring (bicyclic) bond motifs is 1. The second kappa shape index (κ2) is 8.31. The number of carbonyl (C=O) groups excluding carboxylic acids is 2. The van der Waals surface area contributed by atoms with E-state index in [1.807, 2.05) is 30.9 Å². The summed E-state index contributed by atoms with van der Waals surface area (Å²) in [7, 11) is 0. The van der Waals surface area contributed by atoms with Crippen molar-refractivity contribution in [2.45, 2.75) is 37.1 Å². The highest BCUT2D eigenvalue weighted by atomic mass is 35.5. The molecule has 1 aliphatic heterocycles. The highest BCUT2D eigenvalue weighted by Gasteiger charge is 2.30. The van der Waals surface area contributed by atoms with Gasteiger partial charge in [-0.2, -0.15) is 0 Å². The van der Waals surface area contributed by atoms with Gasteiger partial charge in [-0.15, -0.1) is 0 Å². The Balaban J connectivity index is 1.57. The van der Waals surface area contributed by atoms with Gasteiger partial charge in [0.05, 0.1) is 28.8 Å². The minimum atomic E-state index is -0.259. The molecule has 1 amide bonds. The standard InChI is InChI=1S/C18H22ClN3O3S/c1-3-25-17(24)12-6-8-22(9-7-12)16(23)11(2)26-18-20-14-5-4-13(19)10-15(14)21-18/h4-5,10-12H,3,6-9H2,1-2H3,(H,20,21)/t11-/m1/s1. The molecule has 1 aromatic carbocycles. The first kappa shape index (κ1) is 19.0. The number of rotatable bonds is 5. The van der Waals surface area contributed by atoms with Gasteiger partial charge in [0.2, 0.25) is 5.91 Å². The number of piperidine rings is 1. The van der Waals surface area contributed by atoms with Crippen molar-refractivity contribution in [2.75, 3.05) is 19.7 Å². The van der Waals surface area contributed by atoms with Crippen molar-refractivity contribution >= 4 is 46.3 Å². The molecule has 1 aliphatic rings. The number of H-pyrrole nitrogens is 1. The van der Waals surface area contributed by atoms with Crippen molar-refractivity contribution < 1.29 is 14.3 Å². The second-order valence-corrected chi connectivity index (χ2v) is 8.08. The molecule has 1 aromatic heterocycles. The summed E-state index contributed by atoms with van der Waals surface area (Å²) < 4.78 is 5.07. The molecule has 0 aliphatic carbocycles. The van der Waals surface area contributed by atoms with E-state index in [4.69, 9.17) is 16.3 Å². The van der Waals surface area contributed by atoms with Crippen LogP contribution in [0.1, 0.15) is 26.7 Å². The minimum Gasteiger partial charge on any atom is -0.466 e. The number of likely N-dealkylation sites (tertiary alicyclic amines) is 1. The Bertz CT molecular complexity index is 802. The fourth-order valence-electron chi connectivity index (χ4n) is 3.08. The monoisotopic (exact) mass is 395 g/mol. The van der Waals surface area contributed by atoms with Crippen LogP contribution in [0.2, 0.25) is 5.02 Å². The zero-order chi connectivity index (χ0) is 18.7. The molecule has 3 rings (SSSR count). The van der Waals surface area contributed by atoms with Crippen LogP contribution in [0.4, 0.5) is 0 Å². The average molecular weight is 396 g/mol. The molecule has 2 heterocycles. The van der Waals surface area contributed by atoms with Gasteiger partial charge in [0.25, 0.3) is 0 Å². The van der Waals surface area contributed by atoms with E-state index in [-0.39, 0.29) is 23.0 Å². The summed E-state index contributed by atoms with van der Waals surface area (Å²) in [6, 6.07) is 5.47. The number of hydrogen-bond acceptors (Lipinski definition) is 5. The van der Waals surface area contributed by atoms with Crippen LogP contribution in [0, 0.1) is 5.92 Å². The lowest BCUT2D eigenvalue weighted by molar-refractivity contribution is -0.151. The van der Waals surface area contributed by atoms with Gasteiger partial charge in [-0.1, -0.05) is 23.4 Å². The van der Waals surface area contributed by atoms with Crippen LogP contribution >= 0.6 is 23.4 Å². The number of amides is 1. The topological polar surface area (TPSA) is 75.3 Å². The number of esters is 1. The summed E-state index contributed by atoms with van der Waals surface area (Å²) in [5.41, 5.74) is 1.68. The third kappa shape index (κ3) is 4.32. The molecular formula is C18H22ClN3O3S. The Kier molecular flexibility index (Phi) is 6.09. The maximum atomic E-state index is 12.7. The van der Waals surface area contributed by atoms with E-state index in [9.17, 15) is 9.59 Å². The fraction of sp³-hybridized carbons (Fsp3) is 0.500. The van der Waals surface area contributed by atoms with Crippen molar-refractivity contribution in [3.05, 3.63) is 23.2 Å². The first-order valence-corrected chi connectivity index (χ1v) is 10.0. The quantitative estimate of drug-likeness (QED) is 0.619. The van der Waals surface area contributed by atoms with Gasteiger partial charge in [-0.05, 0) is 44.9 Å². The molecule has 1 atom stereocenters. The molecule has 2 aromatic rings. The van der Waals surface area contributed by atoms with E-state index < -0.39 is 0 Å². The number of ether oxygens (including phenoxy) is 1. The van der Waals surface area contributed by atoms with E-state index in [1.165, 1.54) is 11.8 Å². The highest BCUT2D eigenvalue weighted by Crippen LogP contribution is 2.27. The number of hydrogen-bond donors (Lipinski definition) is 1. The Morgan fingerprint density at radius 1 is 1.42 bits per heavy atom. The Morgan fingerprint density at radius 3 is 2.85 bits per heavy atom. The van der Waals surface area contributed by atoms with E-state index >= 15 is 0 Å². The first-order chi connectivity index (χ1) is 12.5. The summed E-state index contributed by atoms with van der Waals surface area (Å²) in [5, 5.41) is 1.08. The Labute approximate surface area is 161 Å². The van der Waals surface area contributed by atoms with Crippen LogP contribution in [-0.2, 0) is 14.3 Å². The summed E-state index contributed by atoms with van der Waals surface area (Å²) >= 11 is 7.39. The molecule has 0 saturated carbocycles. The molecule has 0 unspecified atom stereocenters. The van der Waals surface area contributed by atoms with Crippen LogP contribution in [0.5, 0.6) is 0 Å². The van der Waals surface area contributed by atoms with Crippen molar-refractivity contribution in [1.82, 2.24) is 14.9 Å². The summed E-state index contributed by atoms with van der Waals surface area (Å²) in [4.78, 5) is 34.0. The predicted molar refractivity (Wildman–Crippen MR) is 102 cm³/mol. The number of nitrogens with zero attached hydrogens (tertiary/aromatic N) is 2. The second-order valence-electron chi connectivity index (χ2n) is 6.32. The Morgan fingerprint density at radius 2 is 2.15 bits per heavy atom. The Hall–Kier alpha value is -1.73. The predicted octanol–water partition coefficient (Wildman–Crippen LogP) is 3.50. The fourth-order valence-corrected chi connectivity index (χ4v) is 4.16.